The van der Waals surface area contributed by atoms with Gasteiger partial charge in [-0.25, -0.2) is 0 Å². The normalized spacial score (nSPS) is 10.6. The Morgan fingerprint density at radius 3 is 2.56 bits per heavy atom. The van der Waals surface area contributed by atoms with Crippen LogP contribution in [0.4, 0.5) is 5.69 Å². The van der Waals surface area contributed by atoms with Gasteiger partial charge in [0.15, 0.2) is 23.1 Å². The number of methoxy groups -OCH3 is 2. The number of aromatic nitrogens is 2. The summed E-state index contributed by atoms with van der Waals surface area (Å²) in [7, 11) is 3.06. The van der Waals surface area contributed by atoms with Crippen LogP contribution in [0.1, 0.15) is 11.4 Å². The van der Waals surface area contributed by atoms with Gasteiger partial charge in [0.25, 0.3) is 5.89 Å². The SMILES string of the molecule is COc1ccc(Cc2noc(-c3cc(O)c(O)c([N+](=O)[O-])c3)n2)cc1OC. The minimum atomic E-state index is -0.825. The fourth-order valence-electron chi connectivity index (χ4n) is 2.48. The average Bonchev–Trinajstić information content (AvgIpc) is 3.11. The van der Waals surface area contributed by atoms with Gasteiger partial charge in [-0.05, 0) is 23.8 Å². The van der Waals surface area contributed by atoms with Crippen LogP contribution in [0.25, 0.3) is 11.5 Å². The van der Waals surface area contributed by atoms with E-state index in [2.05, 4.69) is 10.1 Å². The van der Waals surface area contributed by atoms with Gasteiger partial charge in [0.2, 0.25) is 5.75 Å². The highest BCUT2D eigenvalue weighted by Crippen LogP contribution is 2.39. The van der Waals surface area contributed by atoms with Crippen molar-refractivity contribution in [1.82, 2.24) is 10.1 Å². The van der Waals surface area contributed by atoms with Crippen molar-refractivity contribution in [3.05, 3.63) is 51.8 Å². The maximum absolute atomic E-state index is 11.0. The molecule has 0 aliphatic carbocycles. The van der Waals surface area contributed by atoms with E-state index >= 15 is 0 Å². The number of rotatable bonds is 6. The fourth-order valence-corrected chi connectivity index (χ4v) is 2.48. The summed E-state index contributed by atoms with van der Waals surface area (Å²) in [5.41, 5.74) is 0.284. The van der Waals surface area contributed by atoms with Crippen LogP contribution in [0, 0.1) is 10.1 Å². The fraction of sp³-hybridized carbons (Fsp3) is 0.176. The first-order chi connectivity index (χ1) is 12.9. The zero-order chi connectivity index (χ0) is 19.6. The van der Waals surface area contributed by atoms with Gasteiger partial charge in [0.1, 0.15) is 0 Å². The Balaban J connectivity index is 1.89. The van der Waals surface area contributed by atoms with E-state index in [1.807, 2.05) is 6.07 Å². The number of ether oxygens (including phenoxy) is 2. The van der Waals surface area contributed by atoms with Crippen molar-refractivity contribution in [3.63, 3.8) is 0 Å². The van der Waals surface area contributed by atoms with Gasteiger partial charge in [0.05, 0.1) is 24.7 Å². The van der Waals surface area contributed by atoms with Crippen LogP contribution in [-0.4, -0.2) is 39.5 Å². The first-order valence-electron chi connectivity index (χ1n) is 7.67. The van der Waals surface area contributed by atoms with Crippen LogP contribution in [0.2, 0.25) is 0 Å². The molecule has 3 aromatic rings. The Labute approximate surface area is 152 Å². The van der Waals surface area contributed by atoms with Gasteiger partial charge >= 0.3 is 5.69 Å². The largest absolute Gasteiger partial charge is 0.504 e. The average molecular weight is 373 g/mol. The number of phenolic OH excluding ortho intramolecular Hbond substituents is 2. The predicted molar refractivity (Wildman–Crippen MR) is 92.1 cm³/mol. The first-order valence-corrected chi connectivity index (χ1v) is 7.67. The Morgan fingerprint density at radius 2 is 1.89 bits per heavy atom. The molecule has 0 unspecified atom stereocenters. The molecular weight excluding hydrogens is 358 g/mol. The molecule has 0 aliphatic rings. The Bertz CT molecular complexity index is 1000. The molecule has 0 fully saturated rings. The molecule has 0 saturated carbocycles. The van der Waals surface area contributed by atoms with Crippen molar-refractivity contribution in [2.24, 2.45) is 0 Å². The molecule has 2 N–H and O–H groups in total. The van der Waals surface area contributed by atoms with E-state index < -0.39 is 22.1 Å². The molecule has 0 bridgehead atoms. The minimum Gasteiger partial charge on any atom is -0.504 e. The number of aromatic hydroxyl groups is 2. The van der Waals surface area contributed by atoms with Gasteiger partial charge in [-0.1, -0.05) is 11.2 Å². The molecular formula is C17H15N3O7. The molecule has 3 rings (SSSR count). The van der Waals surface area contributed by atoms with Gasteiger partial charge in [-0.3, -0.25) is 10.1 Å². The molecule has 0 amide bonds. The maximum atomic E-state index is 11.0. The second kappa shape index (κ2) is 7.20. The number of nitro benzene ring substituents is 1. The second-order valence-electron chi connectivity index (χ2n) is 5.50. The van der Waals surface area contributed by atoms with Crippen molar-refractivity contribution >= 4 is 5.69 Å². The Kier molecular flexibility index (Phi) is 4.79. The standard InChI is InChI=1S/C17H15N3O7/c1-25-13-4-3-9(5-14(13)26-2)6-15-18-17(27-19-15)10-7-11(20(23)24)16(22)12(21)8-10/h3-5,7-8,21-22H,6H2,1-2H3. The summed E-state index contributed by atoms with van der Waals surface area (Å²) in [5, 5.41) is 34.0. The van der Waals surface area contributed by atoms with Crippen LogP contribution in [-0.2, 0) is 6.42 Å². The van der Waals surface area contributed by atoms with E-state index in [-0.39, 0.29) is 11.5 Å². The maximum Gasteiger partial charge on any atom is 0.315 e. The van der Waals surface area contributed by atoms with Crippen LogP contribution in [0.15, 0.2) is 34.9 Å². The summed E-state index contributed by atoms with van der Waals surface area (Å²) in [5.74, 6) is -0.0382. The lowest BCUT2D eigenvalue weighted by atomic mass is 10.1. The Hall–Kier alpha value is -3.82. The lowest BCUT2D eigenvalue weighted by Gasteiger charge is -2.08. The molecule has 27 heavy (non-hydrogen) atoms. The van der Waals surface area contributed by atoms with E-state index in [4.69, 9.17) is 14.0 Å². The van der Waals surface area contributed by atoms with Crippen LogP contribution >= 0.6 is 0 Å². The zero-order valence-electron chi connectivity index (χ0n) is 14.4. The lowest BCUT2D eigenvalue weighted by molar-refractivity contribution is -0.385. The number of hydrogen-bond donors (Lipinski definition) is 2. The number of nitro groups is 1. The smallest absolute Gasteiger partial charge is 0.315 e. The first kappa shape index (κ1) is 18.0. The highest BCUT2D eigenvalue weighted by Gasteiger charge is 2.22. The van der Waals surface area contributed by atoms with Gasteiger partial charge in [-0.15, -0.1) is 0 Å². The van der Waals surface area contributed by atoms with E-state index in [1.165, 1.54) is 14.2 Å². The number of nitrogens with zero attached hydrogens (tertiary/aromatic N) is 3. The molecule has 2 aromatic carbocycles. The number of benzene rings is 2. The third-order valence-corrected chi connectivity index (χ3v) is 3.79. The topological polar surface area (TPSA) is 141 Å². The molecule has 140 valence electrons. The molecule has 0 saturated heterocycles. The highest BCUT2D eigenvalue weighted by molar-refractivity contribution is 5.67. The summed E-state index contributed by atoms with van der Waals surface area (Å²) >= 11 is 0. The van der Waals surface area contributed by atoms with E-state index in [0.29, 0.717) is 23.7 Å². The van der Waals surface area contributed by atoms with E-state index in [9.17, 15) is 20.3 Å². The summed E-state index contributed by atoms with van der Waals surface area (Å²) < 4.78 is 15.5. The third-order valence-electron chi connectivity index (χ3n) is 3.79. The molecule has 0 aliphatic heterocycles. The predicted octanol–water partition coefficient (Wildman–Crippen LogP) is 2.66. The van der Waals surface area contributed by atoms with Crippen LogP contribution in [0.3, 0.4) is 0 Å². The Morgan fingerprint density at radius 1 is 1.15 bits per heavy atom. The lowest BCUT2D eigenvalue weighted by Crippen LogP contribution is -1.95. The van der Waals surface area contributed by atoms with Crippen molar-refractivity contribution < 1.29 is 29.1 Å². The van der Waals surface area contributed by atoms with Gasteiger partial charge < -0.3 is 24.2 Å². The molecule has 0 atom stereocenters. The van der Waals surface area contributed by atoms with Crippen LogP contribution in [0.5, 0.6) is 23.0 Å². The quantitative estimate of drug-likeness (QED) is 0.379. The molecule has 10 nitrogen and oxygen atoms in total. The molecule has 1 aromatic heterocycles. The summed E-state index contributed by atoms with van der Waals surface area (Å²) in [6, 6.07) is 7.48. The summed E-state index contributed by atoms with van der Waals surface area (Å²) in [4.78, 5) is 14.3. The van der Waals surface area contributed by atoms with E-state index in [1.54, 1.807) is 12.1 Å². The van der Waals surface area contributed by atoms with Gasteiger partial charge in [-0.2, -0.15) is 4.98 Å². The molecule has 0 spiro atoms. The van der Waals surface area contributed by atoms with Crippen molar-refractivity contribution in [2.45, 2.75) is 6.42 Å². The van der Waals surface area contributed by atoms with E-state index in [0.717, 1.165) is 17.7 Å². The minimum absolute atomic E-state index is 0.0242. The highest BCUT2D eigenvalue weighted by atomic mass is 16.6. The molecule has 0 radical (unpaired) electrons. The van der Waals surface area contributed by atoms with Crippen molar-refractivity contribution in [3.8, 4) is 34.5 Å². The summed E-state index contributed by atoms with van der Waals surface area (Å²) in [6.45, 7) is 0. The summed E-state index contributed by atoms with van der Waals surface area (Å²) in [6.07, 6.45) is 0.315. The van der Waals surface area contributed by atoms with Crippen LogP contribution < -0.4 is 9.47 Å². The van der Waals surface area contributed by atoms with Crippen molar-refractivity contribution in [1.29, 1.82) is 0 Å². The second-order valence-corrected chi connectivity index (χ2v) is 5.50. The number of phenols is 2. The molecule has 1 heterocycles. The monoisotopic (exact) mass is 373 g/mol. The number of hydrogen-bond acceptors (Lipinski definition) is 9. The zero-order valence-corrected chi connectivity index (χ0v) is 14.4. The third kappa shape index (κ3) is 3.59. The van der Waals surface area contributed by atoms with Crippen molar-refractivity contribution in [2.75, 3.05) is 14.2 Å². The molecule has 10 heteroatoms. The van der Waals surface area contributed by atoms with Gasteiger partial charge in [0, 0.05) is 12.5 Å².